The summed E-state index contributed by atoms with van der Waals surface area (Å²) >= 11 is 0. The molecule has 2 aromatic rings. The van der Waals surface area contributed by atoms with Crippen molar-refractivity contribution in [2.75, 3.05) is 17.4 Å². The van der Waals surface area contributed by atoms with Gasteiger partial charge in [-0.05, 0) is 59.2 Å². The number of anilines is 2. The number of urea groups is 1. The summed E-state index contributed by atoms with van der Waals surface area (Å²) in [5.41, 5.74) is 2.25. The van der Waals surface area contributed by atoms with Crippen LogP contribution in [-0.4, -0.2) is 41.5 Å². The van der Waals surface area contributed by atoms with Crippen molar-refractivity contribution in [1.29, 1.82) is 5.26 Å². The molecule has 1 aromatic heterocycles. The van der Waals surface area contributed by atoms with Crippen molar-refractivity contribution in [3.63, 3.8) is 0 Å². The van der Waals surface area contributed by atoms with Gasteiger partial charge in [0.1, 0.15) is 23.0 Å². The molecular weight excluding hydrogens is 452 g/mol. The third kappa shape index (κ3) is 7.89. The maximum Gasteiger partial charge on any atom is 0.434 e. The number of nitrogens with zero attached hydrogens (tertiary/aromatic N) is 3. The van der Waals surface area contributed by atoms with Gasteiger partial charge in [0.25, 0.3) is 0 Å². The molecule has 0 saturated heterocycles. The normalized spacial score (nSPS) is 11.0. The van der Waals surface area contributed by atoms with E-state index >= 15 is 0 Å². The molecule has 1 heterocycles. The summed E-state index contributed by atoms with van der Waals surface area (Å²) in [4.78, 5) is 41.2. The number of benzene rings is 1. The van der Waals surface area contributed by atoms with Crippen LogP contribution in [0.5, 0.6) is 0 Å². The zero-order valence-electron chi connectivity index (χ0n) is 20.8. The molecule has 0 aliphatic heterocycles. The molecule has 35 heavy (non-hydrogen) atoms. The molecule has 0 aliphatic rings. The summed E-state index contributed by atoms with van der Waals surface area (Å²) in [6, 6.07) is 8.39. The van der Waals surface area contributed by atoms with E-state index in [1.54, 1.807) is 65.8 Å². The smallest absolute Gasteiger partial charge is 0.434 e. The number of hydrazine groups is 1. The minimum absolute atomic E-state index is 0.00216. The lowest BCUT2D eigenvalue weighted by atomic mass is 10.0. The van der Waals surface area contributed by atoms with E-state index in [1.165, 1.54) is 19.4 Å². The maximum absolute atomic E-state index is 13.0. The lowest BCUT2D eigenvalue weighted by Crippen LogP contribution is -2.50. The molecule has 0 spiro atoms. The number of carbonyl (C=O) groups excluding carboxylic acids is 3. The minimum atomic E-state index is -0.927. The van der Waals surface area contributed by atoms with E-state index in [0.717, 1.165) is 5.01 Å². The highest BCUT2D eigenvalue weighted by Crippen LogP contribution is 2.31. The Kier molecular flexibility index (Phi) is 8.25. The van der Waals surface area contributed by atoms with E-state index in [0.29, 0.717) is 16.8 Å². The number of amides is 4. The van der Waals surface area contributed by atoms with E-state index in [-0.39, 0.29) is 17.3 Å². The first-order valence-corrected chi connectivity index (χ1v) is 10.7. The SMILES string of the molecule is CNC(=O)Nc1ccc(-c2cncc(N(NC(=O)OC(C)(C)C)C(=O)OC(C)(C)C)c2C#N)cc1. The number of rotatable bonds is 3. The Hall–Kier alpha value is -4.33. The summed E-state index contributed by atoms with van der Waals surface area (Å²) in [5, 5.41) is 15.9. The van der Waals surface area contributed by atoms with Gasteiger partial charge in [-0.2, -0.15) is 10.3 Å². The number of pyridine rings is 1. The Bertz CT molecular complexity index is 1130. The van der Waals surface area contributed by atoms with E-state index in [2.05, 4.69) is 27.1 Å². The van der Waals surface area contributed by atoms with Gasteiger partial charge in [-0.3, -0.25) is 4.98 Å². The molecule has 2 rings (SSSR count). The number of nitrogens with one attached hydrogen (secondary N) is 3. The van der Waals surface area contributed by atoms with Gasteiger partial charge in [0.15, 0.2) is 0 Å². The molecule has 0 fully saturated rings. The van der Waals surface area contributed by atoms with Crippen LogP contribution in [-0.2, 0) is 9.47 Å². The largest absolute Gasteiger partial charge is 0.443 e. The fourth-order valence-corrected chi connectivity index (χ4v) is 2.79. The summed E-state index contributed by atoms with van der Waals surface area (Å²) < 4.78 is 10.7. The van der Waals surface area contributed by atoms with Crippen molar-refractivity contribution >= 4 is 29.6 Å². The van der Waals surface area contributed by atoms with Crippen LogP contribution in [0.4, 0.5) is 25.8 Å². The van der Waals surface area contributed by atoms with Crippen LogP contribution in [0.2, 0.25) is 0 Å². The summed E-state index contributed by atoms with van der Waals surface area (Å²) in [6.07, 6.45) is 0.890. The highest BCUT2D eigenvalue weighted by atomic mass is 16.6. The molecule has 11 nitrogen and oxygen atoms in total. The van der Waals surface area contributed by atoms with E-state index < -0.39 is 23.4 Å². The van der Waals surface area contributed by atoms with Gasteiger partial charge in [0.05, 0.1) is 11.8 Å². The highest BCUT2D eigenvalue weighted by molar-refractivity contribution is 5.94. The number of hydrogen-bond acceptors (Lipinski definition) is 7. The van der Waals surface area contributed by atoms with Gasteiger partial charge in [0, 0.05) is 24.5 Å². The van der Waals surface area contributed by atoms with Gasteiger partial charge in [-0.15, -0.1) is 0 Å². The van der Waals surface area contributed by atoms with Crippen LogP contribution in [0, 0.1) is 11.3 Å². The first kappa shape index (κ1) is 26.9. The zero-order chi connectivity index (χ0) is 26.4. The molecule has 0 aliphatic carbocycles. The molecule has 0 bridgehead atoms. The Morgan fingerprint density at radius 2 is 1.57 bits per heavy atom. The molecule has 0 radical (unpaired) electrons. The fraction of sp³-hybridized carbons (Fsp3) is 0.375. The molecule has 11 heteroatoms. The Morgan fingerprint density at radius 3 is 2.09 bits per heavy atom. The van der Waals surface area contributed by atoms with Crippen LogP contribution >= 0.6 is 0 Å². The van der Waals surface area contributed by atoms with E-state index in [9.17, 15) is 19.6 Å². The molecule has 3 N–H and O–H groups in total. The number of hydrogen-bond donors (Lipinski definition) is 3. The van der Waals surface area contributed by atoms with E-state index in [4.69, 9.17) is 9.47 Å². The third-order valence-corrected chi connectivity index (χ3v) is 4.14. The molecule has 0 saturated carbocycles. The monoisotopic (exact) mass is 482 g/mol. The molecule has 1 aromatic carbocycles. The average molecular weight is 483 g/mol. The molecule has 0 atom stereocenters. The number of nitriles is 1. The predicted octanol–water partition coefficient (Wildman–Crippen LogP) is 4.55. The first-order valence-electron chi connectivity index (χ1n) is 10.7. The Labute approximate surface area is 204 Å². The minimum Gasteiger partial charge on any atom is -0.443 e. The quantitative estimate of drug-likeness (QED) is 0.544. The maximum atomic E-state index is 13.0. The topological polar surface area (TPSA) is 146 Å². The van der Waals surface area contributed by atoms with Crippen LogP contribution in [0.3, 0.4) is 0 Å². The van der Waals surface area contributed by atoms with Crippen molar-refractivity contribution in [2.45, 2.75) is 52.7 Å². The molecule has 186 valence electrons. The summed E-state index contributed by atoms with van der Waals surface area (Å²) in [5.74, 6) is 0. The standard InChI is InChI=1S/C24H30N6O5/c1-23(2,3)34-21(32)29-30(22(33)35-24(4,5)6)19-14-27-13-18(17(19)12-25)15-8-10-16(11-9-15)28-20(31)26-7/h8-11,13-14H,1-7H3,(H,29,32)(H2,26,28,31). The predicted molar refractivity (Wildman–Crippen MR) is 131 cm³/mol. The molecule has 4 amide bonds. The number of carbonyl (C=O) groups is 3. The van der Waals surface area contributed by atoms with Gasteiger partial charge < -0.3 is 20.1 Å². The average Bonchev–Trinajstić information content (AvgIpc) is 2.75. The highest BCUT2D eigenvalue weighted by Gasteiger charge is 2.30. The van der Waals surface area contributed by atoms with Crippen LogP contribution in [0.1, 0.15) is 47.1 Å². The van der Waals surface area contributed by atoms with Gasteiger partial charge in [-0.1, -0.05) is 12.1 Å². The van der Waals surface area contributed by atoms with Crippen LogP contribution < -0.4 is 21.1 Å². The Balaban J connectivity index is 2.51. The van der Waals surface area contributed by atoms with Crippen molar-refractivity contribution in [2.24, 2.45) is 0 Å². The van der Waals surface area contributed by atoms with Crippen LogP contribution in [0.25, 0.3) is 11.1 Å². The van der Waals surface area contributed by atoms with Crippen molar-refractivity contribution in [3.8, 4) is 17.2 Å². The van der Waals surface area contributed by atoms with Crippen LogP contribution in [0.15, 0.2) is 36.7 Å². The Morgan fingerprint density at radius 1 is 0.971 bits per heavy atom. The first-order chi connectivity index (χ1) is 16.2. The second kappa shape index (κ2) is 10.7. The zero-order valence-corrected chi connectivity index (χ0v) is 20.8. The number of ether oxygens (including phenoxy) is 2. The fourth-order valence-electron chi connectivity index (χ4n) is 2.79. The third-order valence-electron chi connectivity index (χ3n) is 4.14. The van der Waals surface area contributed by atoms with Gasteiger partial charge in [0.2, 0.25) is 0 Å². The second-order valence-electron chi connectivity index (χ2n) is 9.40. The molecular formula is C24H30N6O5. The van der Waals surface area contributed by atoms with Crippen molar-refractivity contribution in [3.05, 3.63) is 42.2 Å². The molecule has 0 unspecified atom stereocenters. The van der Waals surface area contributed by atoms with Gasteiger partial charge >= 0.3 is 18.2 Å². The lowest BCUT2D eigenvalue weighted by molar-refractivity contribution is 0.0425. The van der Waals surface area contributed by atoms with E-state index in [1.807, 2.05) is 0 Å². The van der Waals surface area contributed by atoms with Gasteiger partial charge in [-0.25, -0.2) is 19.8 Å². The summed E-state index contributed by atoms with van der Waals surface area (Å²) in [7, 11) is 1.50. The van der Waals surface area contributed by atoms with Crippen molar-refractivity contribution < 1.29 is 23.9 Å². The lowest BCUT2D eigenvalue weighted by Gasteiger charge is -2.29. The number of aromatic nitrogens is 1. The second-order valence-corrected chi connectivity index (χ2v) is 9.40. The summed E-state index contributed by atoms with van der Waals surface area (Å²) in [6.45, 7) is 10.0. The van der Waals surface area contributed by atoms with Crippen molar-refractivity contribution in [1.82, 2.24) is 15.7 Å².